The first-order valence-electron chi connectivity index (χ1n) is 5.66. The van der Waals surface area contributed by atoms with Gasteiger partial charge in [0.1, 0.15) is 5.75 Å². The third-order valence-electron chi connectivity index (χ3n) is 3.51. The van der Waals surface area contributed by atoms with Gasteiger partial charge >= 0.3 is 0 Å². The fourth-order valence-electron chi connectivity index (χ4n) is 2.39. The summed E-state index contributed by atoms with van der Waals surface area (Å²) in [4.78, 5) is 0. The van der Waals surface area contributed by atoms with Crippen LogP contribution in [0.2, 0.25) is 0 Å². The van der Waals surface area contributed by atoms with Crippen LogP contribution in [0.1, 0.15) is 29.5 Å². The molecule has 0 saturated heterocycles. The summed E-state index contributed by atoms with van der Waals surface area (Å²) in [7, 11) is 3.01. The maximum Gasteiger partial charge on any atom is 0.171 e. The molecule has 1 saturated carbocycles. The molecule has 1 aliphatic rings. The summed E-state index contributed by atoms with van der Waals surface area (Å²) in [5.74, 6) is 0.464. The molecule has 1 fully saturated rings. The first kappa shape index (κ1) is 12.2. The van der Waals surface area contributed by atoms with E-state index in [2.05, 4.69) is 0 Å². The Morgan fingerprint density at radius 2 is 1.59 bits per heavy atom. The smallest absolute Gasteiger partial charge is 0.171 e. The summed E-state index contributed by atoms with van der Waals surface area (Å²) < 4.78 is 24.5. The Bertz CT molecular complexity index is 467. The second-order valence-electron chi connectivity index (χ2n) is 4.66. The Hall–Kier alpha value is -1.29. The molecule has 3 nitrogen and oxygen atoms in total. The third-order valence-corrected chi connectivity index (χ3v) is 3.51. The lowest BCUT2D eigenvalue weighted by atomic mass is 9.94. The average molecular weight is 239 g/mol. The van der Waals surface area contributed by atoms with Gasteiger partial charge < -0.3 is 15.2 Å². The molecule has 1 aromatic carbocycles. The highest BCUT2D eigenvalue weighted by Gasteiger charge is 2.45. The number of hydrogen-bond donors (Lipinski definition) is 1. The summed E-state index contributed by atoms with van der Waals surface area (Å²) in [6, 6.07) is 0. The largest absolute Gasteiger partial charge is 0.496 e. The van der Waals surface area contributed by atoms with Crippen LogP contribution in [0.5, 0.6) is 11.5 Å². The van der Waals surface area contributed by atoms with Gasteiger partial charge in [-0.25, -0.2) is 4.39 Å². The molecule has 0 amide bonds. The Morgan fingerprint density at radius 3 is 2.00 bits per heavy atom. The normalized spacial score (nSPS) is 16.8. The topological polar surface area (TPSA) is 44.5 Å². The van der Waals surface area contributed by atoms with E-state index in [-0.39, 0.29) is 17.1 Å². The second-order valence-corrected chi connectivity index (χ2v) is 4.66. The maximum absolute atomic E-state index is 14.1. The predicted octanol–water partition coefficient (Wildman–Crippen LogP) is 2.41. The van der Waals surface area contributed by atoms with E-state index in [9.17, 15) is 4.39 Å². The summed E-state index contributed by atoms with van der Waals surface area (Å²) in [5.41, 5.74) is 7.94. The van der Waals surface area contributed by atoms with E-state index >= 15 is 0 Å². The Morgan fingerprint density at radius 1 is 1.06 bits per heavy atom. The lowest BCUT2D eigenvalue weighted by Crippen LogP contribution is -2.22. The van der Waals surface area contributed by atoms with Gasteiger partial charge in [-0.2, -0.15) is 0 Å². The van der Waals surface area contributed by atoms with Crippen LogP contribution >= 0.6 is 0 Å². The highest BCUT2D eigenvalue weighted by atomic mass is 19.1. The molecule has 0 radical (unpaired) electrons. The van der Waals surface area contributed by atoms with Crippen molar-refractivity contribution < 1.29 is 13.9 Å². The van der Waals surface area contributed by atoms with E-state index in [1.807, 2.05) is 6.92 Å². The van der Waals surface area contributed by atoms with Crippen LogP contribution < -0.4 is 15.2 Å². The van der Waals surface area contributed by atoms with Crippen molar-refractivity contribution in [2.45, 2.75) is 32.2 Å². The van der Waals surface area contributed by atoms with Gasteiger partial charge in [0.05, 0.1) is 14.2 Å². The van der Waals surface area contributed by atoms with Crippen molar-refractivity contribution in [1.29, 1.82) is 0 Å². The van der Waals surface area contributed by atoms with E-state index in [1.54, 1.807) is 14.0 Å². The van der Waals surface area contributed by atoms with Crippen molar-refractivity contribution in [2.24, 2.45) is 5.73 Å². The molecule has 4 heteroatoms. The van der Waals surface area contributed by atoms with Crippen molar-refractivity contribution in [2.75, 3.05) is 14.2 Å². The zero-order valence-electron chi connectivity index (χ0n) is 10.7. The molecule has 0 aromatic heterocycles. The number of nitrogens with two attached hydrogens (primary N) is 1. The minimum absolute atomic E-state index is 0.273. The van der Waals surface area contributed by atoms with Crippen LogP contribution in [-0.2, 0) is 5.54 Å². The molecule has 2 rings (SSSR count). The Labute approximate surface area is 101 Å². The van der Waals surface area contributed by atoms with Crippen molar-refractivity contribution >= 4 is 0 Å². The van der Waals surface area contributed by atoms with Gasteiger partial charge in [-0.1, -0.05) is 0 Å². The first-order valence-corrected chi connectivity index (χ1v) is 5.66. The summed E-state index contributed by atoms with van der Waals surface area (Å²) in [6.07, 6.45) is 1.80. The lowest BCUT2D eigenvalue weighted by Gasteiger charge is -2.22. The summed E-state index contributed by atoms with van der Waals surface area (Å²) in [5, 5.41) is 0. The molecule has 0 unspecified atom stereocenters. The molecule has 17 heavy (non-hydrogen) atoms. The molecule has 0 aliphatic heterocycles. The molecule has 2 N–H and O–H groups in total. The van der Waals surface area contributed by atoms with Gasteiger partial charge in [-0.15, -0.1) is 0 Å². The van der Waals surface area contributed by atoms with Gasteiger partial charge in [-0.05, 0) is 26.7 Å². The molecule has 0 spiro atoms. The fraction of sp³-hybridized carbons (Fsp3) is 0.538. The standard InChI is InChI=1S/C13H18FNO2/c1-7-9(13(15)5-6-13)11(16-3)8(2)10(14)12(7)17-4/h5-6,15H2,1-4H3. The van der Waals surface area contributed by atoms with E-state index in [4.69, 9.17) is 15.2 Å². The van der Waals surface area contributed by atoms with Crippen LogP contribution in [-0.4, -0.2) is 14.2 Å². The molecule has 0 atom stereocenters. The SMILES string of the molecule is COc1c(C)c(C2(N)CC2)c(OC)c(C)c1F. The molecular formula is C13H18FNO2. The Kier molecular flexibility index (Phi) is 2.78. The highest BCUT2D eigenvalue weighted by molar-refractivity contribution is 5.58. The van der Waals surface area contributed by atoms with Crippen LogP contribution in [0.3, 0.4) is 0 Å². The summed E-state index contributed by atoms with van der Waals surface area (Å²) in [6.45, 7) is 3.51. The Balaban J connectivity index is 2.75. The van der Waals surface area contributed by atoms with Crippen molar-refractivity contribution in [3.05, 3.63) is 22.5 Å². The highest BCUT2D eigenvalue weighted by Crippen LogP contribution is 2.51. The fourth-order valence-corrected chi connectivity index (χ4v) is 2.39. The quantitative estimate of drug-likeness (QED) is 0.881. The van der Waals surface area contributed by atoms with Crippen LogP contribution in [0.4, 0.5) is 4.39 Å². The zero-order chi connectivity index (χ0) is 12.8. The molecule has 94 valence electrons. The van der Waals surface area contributed by atoms with Gasteiger partial charge in [0, 0.05) is 22.2 Å². The van der Waals surface area contributed by atoms with E-state index in [0.717, 1.165) is 24.0 Å². The maximum atomic E-state index is 14.1. The zero-order valence-corrected chi connectivity index (χ0v) is 10.7. The van der Waals surface area contributed by atoms with Crippen molar-refractivity contribution in [1.82, 2.24) is 0 Å². The van der Waals surface area contributed by atoms with Crippen LogP contribution in [0.15, 0.2) is 0 Å². The average Bonchev–Trinajstić information content (AvgIpc) is 3.03. The molecule has 1 aromatic rings. The molecule has 0 heterocycles. The van der Waals surface area contributed by atoms with Gasteiger partial charge in [0.25, 0.3) is 0 Å². The predicted molar refractivity (Wildman–Crippen MR) is 64.1 cm³/mol. The third kappa shape index (κ3) is 1.67. The van der Waals surface area contributed by atoms with E-state index in [0.29, 0.717) is 11.3 Å². The monoisotopic (exact) mass is 239 g/mol. The second kappa shape index (κ2) is 3.88. The number of ether oxygens (including phenoxy) is 2. The number of rotatable bonds is 3. The first-order chi connectivity index (χ1) is 7.96. The number of benzene rings is 1. The van der Waals surface area contributed by atoms with Crippen molar-refractivity contribution in [3.63, 3.8) is 0 Å². The van der Waals surface area contributed by atoms with Crippen LogP contribution in [0, 0.1) is 19.7 Å². The minimum Gasteiger partial charge on any atom is -0.496 e. The molecule has 0 bridgehead atoms. The van der Waals surface area contributed by atoms with Crippen molar-refractivity contribution in [3.8, 4) is 11.5 Å². The van der Waals surface area contributed by atoms with Crippen LogP contribution in [0.25, 0.3) is 0 Å². The van der Waals surface area contributed by atoms with Gasteiger partial charge in [0.15, 0.2) is 11.6 Å². The van der Waals surface area contributed by atoms with E-state index < -0.39 is 0 Å². The molecular weight excluding hydrogens is 221 g/mol. The number of hydrogen-bond acceptors (Lipinski definition) is 3. The van der Waals surface area contributed by atoms with Gasteiger partial charge in [-0.3, -0.25) is 0 Å². The number of methoxy groups -OCH3 is 2. The van der Waals surface area contributed by atoms with E-state index in [1.165, 1.54) is 7.11 Å². The summed E-state index contributed by atoms with van der Waals surface area (Å²) >= 11 is 0. The minimum atomic E-state index is -0.374. The van der Waals surface area contributed by atoms with Gasteiger partial charge in [0.2, 0.25) is 0 Å². The lowest BCUT2D eigenvalue weighted by molar-refractivity contribution is 0.364. The molecule has 1 aliphatic carbocycles. The number of halogens is 1.